The molecule has 2 aromatic rings. The van der Waals surface area contributed by atoms with Crippen molar-refractivity contribution in [3.63, 3.8) is 0 Å². The molecule has 2 aromatic carbocycles. The first-order chi connectivity index (χ1) is 9.29. The second-order valence-corrected chi connectivity index (χ2v) is 7.65. The van der Waals surface area contributed by atoms with E-state index >= 15 is 0 Å². The molecule has 0 heterocycles. The lowest BCUT2D eigenvalue weighted by atomic mass is 10.2. The topological polar surface area (TPSA) is 46.2 Å². The van der Waals surface area contributed by atoms with Crippen molar-refractivity contribution in [3.05, 3.63) is 56.7 Å². The van der Waals surface area contributed by atoms with Gasteiger partial charge in [0.05, 0.1) is 4.90 Å². The summed E-state index contributed by atoms with van der Waals surface area (Å²) in [6, 6.07) is 10.8. The van der Waals surface area contributed by atoms with Gasteiger partial charge in [-0.05, 0) is 72.7 Å². The van der Waals surface area contributed by atoms with Crippen LogP contribution in [0.25, 0.3) is 0 Å². The lowest BCUT2D eigenvalue weighted by Gasteiger charge is -2.11. The molecule has 1 N–H and O–H groups in total. The van der Waals surface area contributed by atoms with Gasteiger partial charge in [-0.1, -0.05) is 23.8 Å². The molecule has 0 atom stereocenters. The molecule has 0 saturated heterocycles. The summed E-state index contributed by atoms with van der Waals surface area (Å²) in [5, 5.41) is 0. The Kier molecular flexibility index (Phi) is 4.39. The van der Waals surface area contributed by atoms with Gasteiger partial charge in [-0.2, -0.15) is 0 Å². The minimum atomic E-state index is -3.54. The molecular formula is C15H16INO2S. The summed E-state index contributed by atoms with van der Waals surface area (Å²) >= 11 is 2.19. The van der Waals surface area contributed by atoms with Crippen LogP contribution in [0.2, 0.25) is 0 Å². The molecule has 0 saturated carbocycles. The van der Waals surface area contributed by atoms with Crippen LogP contribution >= 0.6 is 22.6 Å². The quantitative estimate of drug-likeness (QED) is 0.790. The molecule has 0 aliphatic heterocycles. The number of aryl methyl sites for hydroxylation is 3. The third kappa shape index (κ3) is 3.32. The lowest BCUT2D eigenvalue weighted by Crippen LogP contribution is -2.14. The Labute approximate surface area is 133 Å². The van der Waals surface area contributed by atoms with Crippen LogP contribution in [0.3, 0.4) is 0 Å². The van der Waals surface area contributed by atoms with E-state index in [0.29, 0.717) is 10.6 Å². The van der Waals surface area contributed by atoms with Gasteiger partial charge in [0.1, 0.15) is 0 Å². The van der Waals surface area contributed by atoms with E-state index in [1.54, 1.807) is 25.1 Å². The van der Waals surface area contributed by atoms with Crippen LogP contribution in [0.5, 0.6) is 0 Å². The number of hydrogen-bond donors (Lipinski definition) is 1. The highest BCUT2D eigenvalue weighted by Crippen LogP contribution is 2.22. The second kappa shape index (κ2) is 5.73. The van der Waals surface area contributed by atoms with E-state index in [0.717, 1.165) is 20.3 Å². The predicted molar refractivity (Wildman–Crippen MR) is 90.6 cm³/mol. The number of hydrogen-bond acceptors (Lipinski definition) is 2. The van der Waals surface area contributed by atoms with E-state index in [4.69, 9.17) is 0 Å². The molecule has 3 nitrogen and oxygen atoms in total. The number of halogens is 1. The molecular weight excluding hydrogens is 385 g/mol. The van der Waals surface area contributed by atoms with Crippen molar-refractivity contribution in [3.8, 4) is 0 Å². The third-order valence-corrected chi connectivity index (χ3v) is 5.75. The van der Waals surface area contributed by atoms with Crippen LogP contribution in [0, 0.1) is 24.3 Å². The minimum Gasteiger partial charge on any atom is -0.280 e. The SMILES string of the molecule is Cc1ccc(S(=O)(=O)Nc2ccc(C)c(I)c2)c(C)c1. The molecule has 0 aliphatic carbocycles. The highest BCUT2D eigenvalue weighted by Gasteiger charge is 2.17. The molecule has 0 aliphatic rings. The summed E-state index contributed by atoms with van der Waals surface area (Å²) in [4.78, 5) is 0.318. The largest absolute Gasteiger partial charge is 0.280 e. The van der Waals surface area contributed by atoms with Gasteiger partial charge in [0.2, 0.25) is 0 Å². The first-order valence-corrected chi connectivity index (χ1v) is 8.72. The van der Waals surface area contributed by atoms with Crippen LogP contribution in [0.15, 0.2) is 41.3 Å². The summed E-state index contributed by atoms with van der Waals surface area (Å²) in [6.45, 7) is 5.74. The molecule has 2 rings (SSSR count). The van der Waals surface area contributed by atoms with Crippen molar-refractivity contribution in [1.82, 2.24) is 0 Å². The number of nitrogens with one attached hydrogen (secondary N) is 1. The predicted octanol–water partition coefficient (Wildman–Crippen LogP) is 4.02. The van der Waals surface area contributed by atoms with Crippen LogP contribution in [-0.4, -0.2) is 8.42 Å². The fraction of sp³-hybridized carbons (Fsp3) is 0.200. The van der Waals surface area contributed by atoms with E-state index in [1.807, 2.05) is 32.0 Å². The van der Waals surface area contributed by atoms with Crippen molar-refractivity contribution in [2.75, 3.05) is 4.72 Å². The van der Waals surface area contributed by atoms with Gasteiger partial charge < -0.3 is 0 Å². The van der Waals surface area contributed by atoms with Crippen molar-refractivity contribution in [2.24, 2.45) is 0 Å². The maximum absolute atomic E-state index is 12.4. The highest BCUT2D eigenvalue weighted by atomic mass is 127. The van der Waals surface area contributed by atoms with Crippen molar-refractivity contribution in [2.45, 2.75) is 25.7 Å². The van der Waals surface area contributed by atoms with Crippen LogP contribution < -0.4 is 4.72 Å². The maximum Gasteiger partial charge on any atom is 0.262 e. The van der Waals surface area contributed by atoms with E-state index < -0.39 is 10.0 Å². The molecule has 0 unspecified atom stereocenters. The Hall–Kier alpha value is -1.08. The Morgan fingerprint density at radius 3 is 2.25 bits per heavy atom. The monoisotopic (exact) mass is 401 g/mol. The minimum absolute atomic E-state index is 0.318. The molecule has 0 aromatic heterocycles. The maximum atomic E-state index is 12.4. The summed E-state index contributed by atoms with van der Waals surface area (Å²) in [5.41, 5.74) is 3.51. The standard InChI is InChI=1S/C15H16INO2S/c1-10-4-7-15(12(3)8-10)20(18,19)17-13-6-5-11(2)14(16)9-13/h4-9,17H,1-3H3. The molecule has 0 bridgehead atoms. The molecule has 5 heteroatoms. The van der Waals surface area contributed by atoms with Gasteiger partial charge in [-0.3, -0.25) is 4.72 Å². The fourth-order valence-corrected chi connectivity index (χ4v) is 3.76. The normalized spacial score (nSPS) is 11.4. The second-order valence-electron chi connectivity index (χ2n) is 4.84. The van der Waals surface area contributed by atoms with E-state index in [-0.39, 0.29) is 0 Å². The number of sulfonamides is 1. The van der Waals surface area contributed by atoms with Crippen molar-refractivity contribution < 1.29 is 8.42 Å². The molecule has 0 fully saturated rings. The zero-order chi connectivity index (χ0) is 14.9. The Balaban J connectivity index is 2.38. The number of benzene rings is 2. The smallest absolute Gasteiger partial charge is 0.262 e. The highest BCUT2D eigenvalue weighted by molar-refractivity contribution is 14.1. The fourth-order valence-electron chi connectivity index (χ4n) is 1.97. The molecule has 0 spiro atoms. The van der Waals surface area contributed by atoms with Crippen molar-refractivity contribution >= 4 is 38.3 Å². The summed E-state index contributed by atoms with van der Waals surface area (Å²) in [7, 11) is -3.54. The van der Waals surface area contributed by atoms with E-state index in [2.05, 4.69) is 27.3 Å². The average Bonchev–Trinajstić information content (AvgIpc) is 2.33. The Morgan fingerprint density at radius 2 is 1.65 bits per heavy atom. The summed E-state index contributed by atoms with van der Waals surface area (Å²) in [5.74, 6) is 0. The summed E-state index contributed by atoms with van der Waals surface area (Å²) in [6.07, 6.45) is 0. The van der Waals surface area contributed by atoms with Crippen LogP contribution in [-0.2, 0) is 10.0 Å². The van der Waals surface area contributed by atoms with Gasteiger partial charge in [-0.15, -0.1) is 0 Å². The zero-order valence-electron chi connectivity index (χ0n) is 11.6. The van der Waals surface area contributed by atoms with E-state index in [9.17, 15) is 8.42 Å². The van der Waals surface area contributed by atoms with Gasteiger partial charge in [0.25, 0.3) is 10.0 Å². The third-order valence-electron chi connectivity index (χ3n) is 3.04. The van der Waals surface area contributed by atoms with Crippen molar-refractivity contribution in [1.29, 1.82) is 0 Å². The number of rotatable bonds is 3. The van der Waals surface area contributed by atoms with Gasteiger partial charge in [0.15, 0.2) is 0 Å². The zero-order valence-corrected chi connectivity index (χ0v) is 14.5. The molecule has 106 valence electrons. The first kappa shape index (κ1) is 15.3. The molecule has 0 amide bonds. The Bertz CT molecular complexity index is 754. The number of anilines is 1. The van der Waals surface area contributed by atoms with Crippen LogP contribution in [0.1, 0.15) is 16.7 Å². The average molecular weight is 401 g/mol. The van der Waals surface area contributed by atoms with Crippen LogP contribution in [0.4, 0.5) is 5.69 Å². The Morgan fingerprint density at radius 1 is 0.950 bits per heavy atom. The van der Waals surface area contributed by atoms with Gasteiger partial charge in [-0.25, -0.2) is 8.42 Å². The van der Waals surface area contributed by atoms with E-state index in [1.165, 1.54) is 0 Å². The van der Waals surface area contributed by atoms with Gasteiger partial charge in [0, 0.05) is 9.26 Å². The first-order valence-electron chi connectivity index (χ1n) is 6.16. The summed E-state index contributed by atoms with van der Waals surface area (Å²) < 4.78 is 28.5. The van der Waals surface area contributed by atoms with Gasteiger partial charge >= 0.3 is 0 Å². The lowest BCUT2D eigenvalue weighted by molar-refractivity contribution is 0.600. The molecule has 20 heavy (non-hydrogen) atoms. The molecule has 0 radical (unpaired) electrons.